The van der Waals surface area contributed by atoms with Crippen molar-refractivity contribution in [1.82, 2.24) is 9.97 Å². The third-order valence-corrected chi connectivity index (χ3v) is 8.81. The van der Waals surface area contributed by atoms with Gasteiger partial charge in [0.05, 0.1) is 32.0 Å². The van der Waals surface area contributed by atoms with Crippen molar-refractivity contribution in [2.75, 3.05) is 10.0 Å². The van der Waals surface area contributed by atoms with Gasteiger partial charge in [0, 0.05) is 16.3 Å². The summed E-state index contributed by atoms with van der Waals surface area (Å²) in [7, 11) is -8.15. The van der Waals surface area contributed by atoms with Crippen LogP contribution in [0.3, 0.4) is 0 Å². The molecule has 0 spiro atoms. The normalized spacial score (nSPS) is 12.3. The van der Waals surface area contributed by atoms with Crippen molar-refractivity contribution < 1.29 is 16.8 Å². The second kappa shape index (κ2) is 11.2. The van der Waals surface area contributed by atoms with E-state index in [0.717, 1.165) is 0 Å². The molecule has 0 aliphatic heterocycles. The summed E-state index contributed by atoms with van der Waals surface area (Å²) in [6, 6.07) is 24.9. The molecule has 202 valence electrons. The van der Waals surface area contributed by atoms with Crippen LogP contribution in [0, 0.1) is 0 Å². The molecule has 9 nitrogen and oxygen atoms in total. The number of rotatable bonds is 7. The monoisotopic (exact) mass is 611 g/mol. The number of hydrogen-bond donors (Lipinski definition) is 2. The van der Waals surface area contributed by atoms with E-state index < -0.39 is 20.0 Å². The summed E-state index contributed by atoms with van der Waals surface area (Å²) in [4.78, 5) is 8.40. The van der Waals surface area contributed by atoms with Crippen molar-refractivity contribution in [1.29, 1.82) is 0 Å². The molecule has 0 unspecified atom stereocenters. The van der Waals surface area contributed by atoms with Crippen LogP contribution in [0.15, 0.2) is 117 Å². The first-order valence-corrected chi connectivity index (χ1v) is 15.3. The summed E-state index contributed by atoms with van der Waals surface area (Å²) in [5, 5.41) is 3.59. The van der Waals surface area contributed by atoms with Gasteiger partial charge in [-0.05, 0) is 72.8 Å². The summed E-state index contributed by atoms with van der Waals surface area (Å²) in [5.41, 5.74) is 1.88. The molecule has 0 saturated carbocycles. The molecule has 0 fully saturated rings. The molecule has 1 aromatic heterocycles. The Bertz CT molecular complexity index is 1950. The first kappa shape index (κ1) is 27.5. The molecule has 0 aliphatic rings. The predicted molar refractivity (Wildman–Crippen MR) is 157 cm³/mol. The lowest BCUT2D eigenvalue weighted by Crippen LogP contribution is -2.17. The molecule has 0 aliphatic carbocycles. The Kier molecular flexibility index (Phi) is 7.72. The number of nitrogens with zero attached hydrogens (tertiary/aromatic N) is 3. The lowest BCUT2D eigenvalue weighted by Gasteiger charge is -2.13. The zero-order chi connectivity index (χ0) is 28.3. The minimum Gasteiger partial charge on any atom is -0.339 e. The van der Waals surface area contributed by atoms with Crippen LogP contribution in [0.1, 0.15) is 5.56 Å². The number of sulfonamides is 2. The summed E-state index contributed by atoms with van der Waals surface area (Å²) in [6.07, 6.45) is 1.34. The zero-order valence-electron chi connectivity index (χ0n) is 20.4. The minimum absolute atomic E-state index is 0.0435. The van der Waals surface area contributed by atoms with E-state index in [1.165, 1.54) is 54.7 Å². The minimum atomic E-state index is -4.15. The predicted octanol–water partition coefficient (Wildman–Crippen LogP) is 5.99. The van der Waals surface area contributed by atoms with E-state index in [1.807, 2.05) is 6.07 Å². The Morgan fingerprint density at radius 3 is 2.05 bits per heavy atom. The van der Waals surface area contributed by atoms with Gasteiger partial charge >= 0.3 is 0 Å². The summed E-state index contributed by atoms with van der Waals surface area (Å²) in [5.74, 6) is 0.0159. The fraction of sp³-hybridized carbons (Fsp3) is 0. The van der Waals surface area contributed by atoms with Crippen LogP contribution in [0.25, 0.3) is 11.0 Å². The average Bonchev–Trinajstić information content (AvgIpc) is 2.93. The smallest absolute Gasteiger partial charge is 0.284 e. The zero-order valence-corrected chi connectivity index (χ0v) is 23.5. The molecular weight excluding hydrogens is 593 g/mol. The molecule has 4 aromatic carbocycles. The number of halogens is 2. The van der Waals surface area contributed by atoms with Crippen molar-refractivity contribution in [3.8, 4) is 0 Å². The molecule has 0 amide bonds. The summed E-state index contributed by atoms with van der Waals surface area (Å²) >= 11 is 12.2. The van der Waals surface area contributed by atoms with Crippen molar-refractivity contribution in [3.05, 3.63) is 119 Å². The standard InChI is InChI=1S/C27H19Cl2N5O4S2/c28-18-9-13-20(14-10-18)40(37,38)34-27(22-5-1-2-6-23(22)29)31-19-11-15-21(16-12-19)39(35,36)33-26-17-30-24-7-3-4-8-25(24)32-26/h1-17H,(H,31,34)(H,32,33). The lowest BCUT2D eigenvalue weighted by atomic mass is 10.2. The van der Waals surface area contributed by atoms with E-state index in [9.17, 15) is 16.8 Å². The Morgan fingerprint density at radius 2 is 1.35 bits per heavy atom. The van der Waals surface area contributed by atoms with Crippen LogP contribution in [0.4, 0.5) is 11.5 Å². The highest BCUT2D eigenvalue weighted by molar-refractivity contribution is 7.92. The first-order chi connectivity index (χ1) is 19.1. The highest BCUT2D eigenvalue weighted by Gasteiger charge is 2.19. The lowest BCUT2D eigenvalue weighted by molar-refractivity contribution is 0.597. The van der Waals surface area contributed by atoms with E-state index in [4.69, 9.17) is 23.2 Å². The van der Waals surface area contributed by atoms with E-state index in [2.05, 4.69) is 24.4 Å². The number of amidine groups is 1. The van der Waals surface area contributed by atoms with Crippen LogP contribution in [-0.4, -0.2) is 32.6 Å². The molecule has 1 heterocycles. The van der Waals surface area contributed by atoms with Gasteiger partial charge in [-0.3, -0.25) is 9.71 Å². The van der Waals surface area contributed by atoms with Gasteiger partial charge in [-0.25, -0.2) is 13.4 Å². The van der Waals surface area contributed by atoms with Crippen molar-refractivity contribution in [2.24, 2.45) is 4.40 Å². The highest BCUT2D eigenvalue weighted by atomic mass is 35.5. The number of benzene rings is 4. The number of fused-ring (bicyclic) bond motifs is 1. The third kappa shape index (κ3) is 6.23. The third-order valence-electron chi connectivity index (χ3n) is 5.57. The summed E-state index contributed by atoms with van der Waals surface area (Å²) < 4.78 is 58.5. The van der Waals surface area contributed by atoms with Crippen molar-refractivity contribution in [2.45, 2.75) is 9.79 Å². The van der Waals surface area contributed by atoms with Crippen LogP contribution < -0.4 is 10.0 Å². The molecule has 0 bridgehead atoms. The highest BCUT2D eigenvalue weighted by Crippen LogP contribution is 2.23. The molecule has 0 radical (unpaired) electrons. The van der Waals surface area contributed by atoms with Gasteiger partial charge < -0.3 is 5.32 Å². The molecule has 13 heteroatoms. The van der Waals surface area contributed by atoms with Crippen molar-refractivity contribution in [3.63, 3.8) is 0 Å². The van der Waals surface area contributed by atoms with E-state index >= 15 is 0 Å². The SMILES string of the molecule is O=S(=O)(/N=C(\Nc1ccc(S(=O)(=O)Nc2cnc3ccccc3n2)cc1)c1ccccc1Cl)c1ccc(Cl)cc1. The van der Waals surface area contributed by atoms with Gasteiger partial charge in [-0.15, -0.1) is 4.40 Å². The molecular formula is C27H19Cl2N5O4S2. The van der Waals surface area contributed by atoms with Gasteiger partial charge in [0.2, 0.25) is 0 Å². The van der Waals surface area contributed by atoms with Gasteiger partial charge in [0.25, 0.3) is 20.0 Å². The second-order valence-corrected chi connectivity index (χ2v) is 12.5. The quantitative estimate of drug-likeness (QED) is 0.171. The number of para-hydroxylation sites is 2. The number of hydrogen-bond acceptors (Lipinski definition) is 6. The van der Waals surface area contributed by atoms with Gasteiger partial charge in [-0.1, -0.05) is 47.5 Å². The van der Waals surface area contributed by atoms with Crippen LogP contribution in [0.2, 0.25) is 10.0 Å². The molecule has 0 atom stereocenters. The number of aromatic nitrogens is 2. The average molecular weight is 613 g/mol. The van der Waals surface area contributed by atoms with Crippen LogP contribution >= 0.6 is 23.2 Å². The Hall–Kier alpha value is -4.03. The molecule has 40 heavy (non-hydrogen) atoms. The first-order valence-electron chi connectivity index (χ1n) is 11.6. The van der Waals surface area contributed by atoms with E-state index in [1.54, 1.807) is 42.5 Å². The van der Waals surface area contributed by atoms with Gasteiger partial charge in [0.1, 0.15) is 0 Å². The second-order valence-electron chi connectivity index (χ2n) is 8.35. The van der Waals surface area contributed by atoms with Crippen molar-refractivity contribution >= 4 is 71.6 Å². The van der Waals surface area contributed by atoms with E-state index in [-0.39, 0.29) is 26.5 Å². The van der Waals surface area contributed by atoms with E-state index in [0.29, 0.717) is 27.3 Å². The Balaban J connectivity index is 1.43. The van der Waals surface area contributed by atoms with Gasteiger partial charge in [-0.2, -0.15) is 8.42 Å². The largest absolute Gasteiger partial charge is 0.339 e. The maximum Gasteiger partial charge on any atom is 0.284 e. The fourth-order valence-electron chi connectivity index (χ4n) is 3.63. The number of anilines is 2. The maximum atomic E-state index is 13.1. The maximum absolute atomic E-state index is 13.1. The number of nitrogens with one attached hydrogen (secondary N) is 2. The van der Waals surface area contributed by atoms with Crippen LogP contribution in [-0.2, 0) is 20.0 Å². The van der Waals surface area contributed by atoms with Gasteiger partial charge in [0.15, 0.2) is 11.7 Å². The Labute approximate surface area is 240 Å². The van der Waals surface area contributed by atoms with Crippen LogP contribution in [0.5, 0.6) is 0 Å². The molecule has 0 saturated heterocycles. The molecule has 5 rings (SSSR count). The summed E-state index contributed by atoms with van der Waals surface area (Å²) in [6.45, 7) is 0. The fourth-order valence-corrected chi connectivity index (χ4v) is 5.94. The topological polar surface area (TPSA) is 130 Å². The molecule has 2 N–H and O–H groups in total. The Morgan fingerprint density at radius 1 is 0.725 bits per heavy atom. The molecule has 5 aromatic rings.